The lowest BCUT2D eigenvalue weighted by Gasteiger charge is -2.35. The Morgan fingerprint density at radius 2 is 2.04 bits per heavy atom. The molecule has 2 heterocycles. The number of methoxy groups -OCH3 is 1. The van der Waals surface area contributed by atoms with Crippen molar-refractivity contribution in [3.05, 3.63) is 59.2 Å². The number of fused-ring (bicyclic) bond motifs is 3. The highest BCUT2D eigenvalue weighted by atomic mass is 16.5. The van der Waals surface area contributed by atoms with Gasteiger partial charge in [-0.2, -0.15) is 0 Å². The first-order valence-corrected chi connectivity index (χ1v) is 8.67. The van der Waals surface area contributed by atoms with Crippen molar-refractivity contribution in [1.29, 1.82) is 0 Å². The Balaban J connectivity index is 1.87. The Bertz CT molecular complexity index is 836. The minimum absolute atomic E-state index is 0.0209. The van der Waals surface area contributed by atoms with Crippen LogP contribution < -0.4 is 9.64 Å². The molecule has 2 aromatic carbocycles. The maximum absolute atomic E-state index is 6.17. The zero-order chi connectivity index (χ0) is 17.6. The molecule has 3 unspecified atom stereocenters. The van der Waals surface area contributed by atoms with Gasteiger partial charge in [-0.25, -0.2) is 0 Å². The SMILES string of the molecule is C#CC(c1ccc(OC)cc1)C12CCOC1N(C)c1cc(C)ccc12. The standard InChI is InChI=1S/C22H23NO2/c1-5-18(16-7-9-17(24-4)10-8-16)22-12-13-25-21(22)23(3)20-14-15(2)6-11-19(20)22/h1,6-11,14,18,21H,12-13H2,2-4H3. The predicted octanol–water partition coefficient (Wildman–Crippen LogP) is 3.85. The number of anilines is 1. The molecule has 0 saturated carbocycles. The van der Waals surface area contributed by atoms with Gasteiger partial charge in [0, 0.05) is 12.7 Å². The van der Waals surface area contributed by atoms with Gasteiger partial charge < -0.3 is 14.4 Å². The molecule has 0 N–H and O–H groups in total. The van der Waals surface area contributed by atoms with Crippen LogP contribution in [0.4, 0.5) is 5.69 Å². The van der Waals surface area contributed by atoms with Gasteiger partial charge in [0.15, 0.2) is 0 Å². The van der Waals surface area contributed by atoms with Crippen LogP contribution >= 0.6 is 0 Å². The number of aryl methyl sites for hydroxylation is 1. The number of rotatable bonds is 3. The van der Waals surface area contributed by atoms with Crippen LogP contribution in [0.2, 0.25) is 0 Å². The van der Waals surface area contributed by atoms with E-state index in [4.69, 9.17) is 15.9 Å². The maximum atomic E-state index is 6.17. The van der Waals surface area contributed by atoms with Crippen molar-refractivity contribution in [2.45, 2.75) is 30.9 Å². The Morgan fingerprint density at radius 3 is 2.72 bits per heavy atom. The van der Waals surface area contributed by atoms with Crippen molar-refractivity contribution in [2.24, 2.45) is 0 Å². The summed E-state index contributed by atoms with van der Waals surface area (Å²) >= 11 is 0. The summed E-state index contributed by atoms with van der Waals surface area (Å²) in [7, 11) is 3.79. The van der Waals surface area contributed by atoms with Gasteiger partial charge in [0.2, 0.25) is 0 Å². The van der Waals surface area contributed by atoms with E-state index in [-0.39, 0.29) is 17.6 Å². The van der Waals surface area contributed by atoms with Gasteiger partial charge in [-0.1, -0.05) is 30.2 Å². The average Bonchev–Trinajstić information content (AvgIpc) is 3.15. The minimum Gasteiger partial charge on any atom is -0.497 e. The van der Waals surface area contributed by atoms with E-state index in [1.807, 2.05) is 12.1 Å². The summed E-state index contributed by atoms with van der Waals surface area (Å²) in [6.45, 7) is 2.86. The van der Waals surface area contributed by atoms with Crippen LogP contribution in [0.5, 0.6) is 5.75 Å². The lowest BCUT2D eigenvalue weighted by Crippen LogP contribution is -2.43. The highest BCUT2D eigenvalue weighted by molar-refractivity contribution is 5.67. The number of hydrogen-bond acceptors (Lipinski definition) is 3. The number of ether oxygens (including phenoxy) is 2. The van der Waals surface area contributed by atoms with Gasteiger partial charge in [0.25, 0.3) is 0 Å². The second kappa shape index (κ2) is 5.82. The van der Waals surface area contributed by atoms with E-state index in [0.717, 1.165) is 24.3 Å². The minimum atomic E-state index is -0.207. The smallest absolute Gasteiger partial charge is 0.141 e. The van der Waals surface area contributed by atoms with Crippen molar-refractivity contribution in [1.82, 2.24) is 0 Å². The summed E-state index contributed by atoms with van der Waals surface area (Å²) in [5.41, 5.74) is 4.73. The molecule has 0 spiro atoms. The molecule has 2 aliphatic rings. The number of hydrogen-bond donors (Lipinski definition) is 0. The Morgan fingerprint density at radius 1 is 1.28 bits per heavy atom. The van der Waals surface area contributed by atoms with Crippen molar-refractivity contribution in [3.63, 3.8) is 0 Å². The molecular weight excluding hydrogens is 310 g/mol. The Labute approximate surface area is 149 Å². The van der Waals surface area contributed by atoms with E-state index in [1.54, 1.807) is 7.11 Å². The molecule has 4 rings (SSSR count). The second-order valence-electron chi connectivity index (χ2n) is 7.02. The highest BCUT2D eigenvalue weighted by Crippen LogP contribution is 2.57. The molecule has 1 saturated heterocycles. The van der Waals surface area contributed by atoms with Crippen molar-refractivity contribution < 1.29 is 9.47 Å². The number of likely N-dealkylation sites (N-methyl/N-ethyl adjacent to an activating group) is 1. The van der Waals surface area contributed by atoms with Gasteiger partial charge in [0.1, 0.15) is 12.0 Å². The van der Waals surface area contributed by atoms with E-state index < -0.39 is 0 Å². The third-order valence-corrected chi connectivity index (χ3v) is 5.75. The third kappa shape index (κ3) is 2.18. The lowest BCUT2D eigenvalue weighted by atomic mass is 9.67. The molecule has 3 nitrogen and oxygen atoms in total. The average molecular weight is 333 g/mol. The fourth-order valence-electron chi connectivity index (χ4n) is 4.57. The normalized spacial score (nSPS) is 25.2. The fraction of sp³-hybridized carbons (Fsp3) is 0.364. The van der Waals surface area contributed by atoms with Crippen molar-refractivity contribution in [2.75, 3.05) is 25.7 Å². The van der Waals surface area contributed by atoms with Gasteiger partial charge >= 0.3 is 0 Å². The molecule has 3 heteroatoms. The van der Waals surface area contributed by atoms with Crippen LogP contribution in [0.1, 0.15) is 29.0 Å². The largest absolute Gasteiger partial charge is 0.497 e. The quantitative estimate of drug-likeness (QED) is 0.796. The fourth-order valence-corrected chi connectivity index (χ4v) is 4.57. The van der Waals surface area contributed by atoms with E-state index in [2.05, 4.69) is 55.1 Å². The summed E-state index contributed by atoms with van der Waals surface area (Å²) < 4.78 is 11.5. The number of benzene rings is 2. The summed E-state index contributed by atoms with van der Waals surface area (Å²) in [5, 5.41) is 0. The zero-order valence-corrected chi connectivity index (χ0v) is 15.0. The number of nitrogens with zero attached hydrogens (tertiary/aromatic N) is 1. The summed E-state index contributed by atoms with van der Waals surface area (Å²) in [6, 6.07) is 14.8. The first kappa shape index (κ1) is 16.1. The lowest BCUT2D eigenvalue weighted by molar-refractivity contribution is 0.0844. The molecule has 0 amide bonds. The van der Waals surface area contributed by atoms with Crippen LogP contribution in [0.15, 0.2) is 42.5 Å². The van der Waals surface area contributed by atoms with Crippen molar-refractivity contribution >= 4 is 5.69 Å². The molecule has 0 aromatic heterocycles. The third-order valence-electron chi connectivity index (χ3n) is 5.75. The van der Waals surface area contributed by atoms with Crippen molar-refractivity contribution in [3.8, 4) is 18.1 Å². The molecule has 128 valence electrons. The zero-order valence-electron chi connectivity index (χ0n) is 15.0. The Hall–Kier alpha value is -2.44. The second-order valence-corrected chi connectivity index (χ2v) is 7.02. The molecule has 25 heavy (non-hydrogen) atoms. The number of terminal acetylenes is 1. The molecule has 2 aliphatic heterocycles. The molecule has 3 atom stereocenters. The van der Waals surface area contributed by atoms with Gasteiger partial charge in [-0.05, 0) is 48.2 Å². The van der Waals surface area contributed by atoms with E-state index in [9.17, 15) is 0 Å². The molecular formula is C22H23NO2. The maximum Gasteiger partial charge on any atom is 0.141 e. The molecule has 0 aliphatic carbocycles. The van der Waals surface area contributed by atoms with E-state index in [0.29, 0.717) is 0 Å². The van der Waals surface area contributed by atoms with Crippen LogP contribution in [0.25, 0.3) is 0 Å². The molecule has 0 bridgehead atoms. The Kier molecular flexibility index (Phi) is 3.74. The van der Waals surface area contributed by atoms with Crippen LogP contribution in [0, 0.1) is 19.3 Å². The summed E-state index contributed by atoms with van der Waals surface area (Å²) in [6.07, 6.45) is 6.99. The van der Waals surface area contributed by atoms with Gasteiger partial charge in [-0.15, -0.1) is 6.42 Å². The van der Waals surface area contributed by atoms with Gasteiger partial charge in [0.05, 0.1) is 25.0 Å². The first-order chi connectivity index (χ1) is 12.1. The van der Waals surface area contributed by atoms with E-state index in [1.165, 1.54) is 16.8 Å². The molecule has 1 fully saturated rings. The summed E-state index contributed by atoms with van der Waals surface area (Å²) in [5.74, 6) is 3.89. The highest BCUT2D eigenvalue weighted by Gasteiger charge is 2.58. The first-order valence-electron chi connectivity index (χ1n) is 8.67. The predicted molar refractivity (Wildman–Crippen MR) is 100 cm³/mol. The van der Waals surface area contributed by atoms with Crippen LogP contribution in [0.3, 0.4) is 0 Å². The topological polar surface area (TPSA) is 21.7 Å². The van der Waals surface area contributed by atoms with Gasteiger partial charge in [-0.3, -0.25) is 0 Å². The molecule has 0 radical (unpaired) electrons. The van der Waals surface area contributed by atoms with Crippen LogP contribution in [-0.2, 0) is 10.2 Å². The van der Waals surface area contributed by atoms with Crippen LogP contribution in [-0.4, -0.2) is 27.0 Å². The van der Waals surface area contributed by atoms with E-state index >= 15 is 0 Å². The monoisotopic (exact) mass is 333 g/mol. The summed E-state index contributed by atoms with van der Waals surface area (Å²) in [4.78, 5) is 2.25. The molecule has 2 aromatic rings.